The van der Waals surface area contributed by atoms with E-state index in [4.69, 9.17) is 17.3 Å². The van der Waals surface area contributed by atoms with Crippen molar-refractivity contribution < 1.29 is 9.53 Å². The Hall–Kier alpha value is -2.38. The minimum Gasteiger partial charge on any atom is -0.453 e. The van der Waals surface area contributed by atoms with Gasteiger partial charge in [-0.1, -0.05) is 30.5 Å². The van der Waals surface area contributed by atoms with E-state index in [1.165, 1.54) is 7.11 Å². The maximum Gasteiger partial charge on any atom is 0.411 e. The highest BCUT2D eigenvalue weighted by Gasteiger charge is 2.17. The van der Waals surface area contributed by atoms with Crippen LogP contribution < -0.4 is 16.4 Å². The third-order valence-corrected chi connectivity index (χ3v) is 4.68. The van der Waals surface area contributed by atoms with Crippen molar-refractivity contribution in [3.8, 4) is 11.1 Å². The molecule has 0 radical (unpaired) electrons. The Bertz CT molecular complexity index is 799. The number of rotatable bonds is 1. The van der Waals surface area contributed by atoms with Crippen molar-refractivity contribution in [3.05, 3.63) is 35.1 Å². The fourth-order valence-electron chi connectivity index (χ4n) is 2.97. The van der Waals surface area contributed by atoms with E-state index in [1.807, 2.05) is 18.2 Å². The highest BCUT2D eigenvalue weighted by atomic mass is 35.5. The number of nitrogens with two attached hydrogens (primary N) is 1. The zero-order valence-electron chi connectivity index (χ0n) is 14.6. The molecule has 0 saturated carbocycles. The van der Waals surface area contributed by atoms with Gasteiger partial charge in [0.05, 0.1) is 12.8 Å². The van der Waals surface area contributed by atoms with Crippen LogP contribution in [-0.4, -0.2) is 29.9 Å². The van der Waals surface area contributed by atoms with Gasteiger partial charge in [0.2, 0.25) is 0 Å². The number of methoxy groups -OCH3 is 1. The molecular weight excluding hydrogens is 354 g/mol. The first-order valence-corrected chi connectivity index (χ1v) is 8.98. The second-order valence-corrected chi connectivity index (χ2v) is 6.59. The molecular formula is C18H22ClN5O2. The van der Waals surface area contributed by atoms with Crippen molar-refractivity contribution in [2.24, 2.45) is 5.73 Å². The topological polar surface area (TPSA) is 102 Å². The van der Waals surface area contributed by atoms with Gasteiger partial charge in [-0.25, -0.2) is 4.79 Å². The van der Waals surface area contributed by atoms with Gasteiger partial charge in [-0.15, -0.1) is 5.10 Å². The van der Waals surface area contributed by atoms with Crippen LogP contribution in [-0.2, 0) is 4.74 Å². The van der Waals surface area contributed by atoms with Gasteiger partial charge in [0.15, 0.2) is 5.15 Å². The number of ether oxygens (including phenoxy) is 1. The summed E-state index contributed by atoms with van der Waals surface area (Å²) in [6.07, 6.45) is 3.47. The van der Waals surface area contributed by atoms with Crippen molar-refractivity contribution in [2.75, 3.05) is 24.3 Å². The van der Waals surface area contributed by atoms with Crippen LogP contribution in [0.15, 0.2) is 24.3 Å². The number of fused-ring (bicyclic) bond motifs is 4. The standard InChI is InChI=1S/C18H22ClN5O2/c1-26-18(25)22-11-6-7-12-13-10-16(23-24-17(13)19)14(20)5-3-2-4-8-21-15(12)9-11/h6-7,9-10,14,21H,2-5,8,20H2,1H3,(H,22,25). The summed E-state index contributed by atoms with van der Waals surface area (Å²) < 4.78 is 4.65. The number of halogens is 1. The number of hydrogen-bond acceptors (Lipinski definition) is 6. The minimum atomic E-state index is -0.519. The first-order valence-electron chi connectivity index (χ1n) is 8.60. The number of carbonyl (C=O) groups is 1. The molecule has 138 valence electrons. The van der Waals surface area contributed by atoms with Crippen molar-refractivity contribution in [1.29, 1.82) is 0 Å². The average molecular weight is 376 g/mol. The van der Waals surface area contributed by atoms with E-state index in [1.54, 1.807) is 6.07 Å². The molecule has 26 heavy (non-hydrogen) atoms. The van der Waals surface area contributed by atoms with Crippen molar-refractivity contribution in [1.82, 2.24) is 10.2 Å². The first kappa shape index (κ1) is 18.4. The molecule has 1 unspecified atom stereocenters. The fourth-order valence-corrected chi connectivity index (χ4v) is 3.17. The molecule has 1 aromatic heterocycles. The quantitative estimate of drug-likeness (QED) is 0.697. The third-order valence-electron chi connectivity index (χ3n) is 4.40. The van der Waals surface area contributed by atoms with Crippen LogP contribution >= 0.6 is 11.6 Å². The van der Waals surface area contributed by atoms with E-state index < -0.39 is 6.09 Å². The van der Waals surface area contributed by atoms with E-state index in [2.05, 4.69) is 25.6 Å². The van der Waals surface area contributed by atoms with Crippen LogP contribution in [0.4, 0.5) is 16.2 Å². The maximum absolute atomic E-state index is 11.5. The number of aromatic nitrogens is 2. The van der Waals surface area contributed by atoms with Gasteiger partial charge in [0, 0.05) is 35.1 Å². The first-order chi connectivity index (χ1) is 12.6. The Morgan fingerprint density at radius 2 is 2.12 bits per heavy atom. The van der Waals surface area contributed by atoms with Gasteiger partial charge in [-0.05, 0) is 31.0 Å². The summed E-state index contributed by atoms with van der Waals surface area (Å²) >= 11 is 6.31. The Kier molecular flexibility index (Phi) is 5.90. The number of amides is 1. The molecule has 2 bridgehead atoms. The lowest BCUT2D eigenvalue weighted by atomic mass is 10.00. The lowest BCUT2D eigenvalue weighted by Crippen LogP contribution is -2.14. The van der Waals surface area contributed by atoms with Crippen LogP contribution in [0.5, 0.6) is 0 Å². The van der Waals surface area contributed by atoms with Crippen LogP contribution in [0.3, 0.4) is 0 Å². The lowest BCUT2D eigenvalue weighted by Gasteiger charge is -2.18. The third kappa shape index (κ3) is 4.23. The molecule has 1 aromatic carbocycles. The van der Waals surface area contributed by atoms with Crippen LogP contribution in [0.2, 0.25) is 5.15 Å². The SMILES string of the molecule is COC(=O)Nc1ccc2c(c1)NCCCCCC(N)c1cc-2c(Cl)nn1. The van der Waals surface area contributed by atoms with Gasteiger partial charge in [-0.2, -0.15) is 5.10 Å². The minimum absolute atomic E-state index is 0.158. The second kappa shape index (κ2) is 8.33. The van der Waals surface area contributed by atoms with Crippen molar-refractivity contribution in [2.45, 2.75) is 31.7 Å². The van der Waals surface area contributed by atoms with E-state index in [-0.39, 0.29) is 6.04 Å². The van der Waals surface area contributed by atoms with Gasteiger partial charge >= 0.3 is 6.09 Å². The molecule has 1 aliphatic heterocycles. The Labute approximate surface area is 157 Å². The summed E-state index contributed by atoms with van der Waals surface area (Å²) in [5, 5.41) is 14.7. The molecule has 2 heterocycles. The zero-order chi connectivity index (χ0) is 18.5. The smallest absolute Gasteiger partial charge is 0.411 e. The number of hydrogen-bond donors (Lipinski definition) is 3. The summed E-state index contributed by atoms with van der Waals surface area (Å²) in [6.45, 7) is 0.812. The molecule has 0 saturated heterocycles. The monoisotopic (exact) mass is 375 g/mol. The Morgan fingerprint density at radius 3 is 2.92 bits per heavy atom. The van der Waals surface area contributed by atoms with Crippen LogP contribution in [0.25, 0.3) is 11.1 Å². The molecule has 3 rings (SSSR count). The van der Waals surface area contributed by atoms with Crippen molar-refractivity contribution in [3.63, 3.8) is 0 Å². The number of nitrogens with one attached hydrogen (secondary N) is 2. The predicted octanol–water partition coefficient (Wildman–Crippen LogP) is 3.96. The van der Waals surface area contributed by atoms with E-state index in [0.717, 1.165) is 54.7 Å². The summed E-state index contributed by atoms with van der Waals surface area (Å²) in [7, 11) is 1.33. The molecule has 0 spiro atoms. The molecule has 1 aliphatic rings. The summed E-state index contributed by atoms with van der Waals surface area (Å²) in [5.41, 5.74) is 10.1. The summed E-state index contributed by atoms with van der Waals surface area (Å²) in [4.78, 5) is 11.5. The number of nitrogens with zero attached hydrogens (tertiary/aromatic N) is 2. The normalized spacial score (nSPS) is 17.1. The maximum atomic E-state index is 11.5. The highest BCUT2D eigenvalue weighted by molar-refractivity contribution is 6.32. The van der Waals surface area contributed by atoms with Gasteiger partial charge in [0.1, 0.15) is 0 Å². The fraction of sp³-hybridized carbons (Fsp3) is 0.389. The number of carbonyl (C=O) groups excluding carboxylic acids is 1. The molecule has 8 heteroatoms. The molecule has 1 atom stereocenters. The van der Waals surface area contributed by atoms with Crippen LogP contribution in [0, 0.1) is 0 Å². The molecule has 4 N–H and O–H groups in total. The van der Waals surface area contributed by atoms with E-state index in [9.17, 15) is 4.79 Å². The molecule has 0 aliphatic carbocycles. The zero-order valence-corrected chi connectivity index (χ0v) is 15.3. The number of anilines is 2. The lowest BCUT2D eigenvalue weighted by molar-refractivity contribution is 0.187. The largest absolute Gasteiger partial charge is 0.453 e. The summed E-state index contributed by atoms with van der Waals surface area (Å²) in [5.74, 6) is 0. The van der Waals surface area contributed by atoms with Crippen LogP contribution in [0.1, 0.15) is 37.4 Å². The second-order valence-electron chi connectivity index (χ2n) is 6.23. The van der Waals surface area contributed by atoms with Crippen molar-refractivity contribution >= 4 is 29.1 Å². The number of benzene rings is 1. The van der Waals surface area contributed by atoms with E-state index >= 15 is 0 Å². The van der Waals surface area contributed by atoms with E-state index in [0.29, 0.717) is 10.8 Å². The Balaban J connectivity index is 2.05. The average Bonchev–Trinajstić information content (AvgIpc) is 2.64. The van der Waals surface area contributed by atoms with Gasteiger partial charge in [0.25, 0.3) is 0 Å². The molecule has 2 aromatic rings. The summed E-state index contributed by atoms with van der Waals surface area (Å²) in [6, 6.07) is 7.27. The highest BCUT2D eigenvalue weighted by Crippen LogP contribution is 2.35. The predicted molar refractivity (Wildman–Crippen MR) is 102 cm³/mol. The van der Waals surface area contributed by atoms with Gasteiger partial charge < -0.3 is 15.8 Å². The van der Waals surface area contributed by atoms with Gasteiger partial charge in [-0.3, -0.25) is 5.32 Å². The molecule has 1 amide bonds. The molecule has 0 fully saturated rings. The molecule has 7 nitrogen and oxygen atoms in total. The Morgan fingerprint density at radius 1 is 1.27 bits per heavy atom.